The van der Waals surface area contributed by atoms with E-state index in [9.17, 15) is 0 Å². The van der Waals surface area contributed by atoms with E-state index in [0.717, 1.165) is 23.2 Å². The molecule has 2 aromatic rings. The van der Waals surface area contributed by atoms with Crippen LogP contribution in [0.2, 0.25) is 0 Å². The van der Waals surface area contributed by atoms with Gasteiger partial charge < -0.3 is 10.1 Å². The molecule has 0 fully saturated rings. The van der Waals surface area contributed by atoms with Crippen molar-refractivity contribution in [3.05, 3.63) is 63.6 Å². The SMILES string of the molecule is CCC(C)NCc1cc(Br)ccc1OCc1ccc(C)cc1.Cl. The Morgan fingerprint density at radius 1 is 1.13 bits per heavy atom. The zero-order valence-corrected chi connectivity index (χ0v) is 16.3. The van der Waals surface area contributed by atoms with Crippen molar-refractivity contribution in [2.24, 2.45) is 0 Å². The molecule has 0 saturated carbocycles. The Kier molecular flexibility index (Phi) is 8.67. The van der Waals surface area contributed by atoms with Crippen molar-refractivity contribution in [2.75, 3.05) is 0 Å². The van der Waals surface area contributed by atoms with Crippen molar-refractivity contribution < 1.29 is 4.74 Å². The molecule has 1 unspecified atom stereocenters. The zero-order valence-electron chi connectivity index (χ0n) is 13.9. The third-order valence-electron chi connectivity index (χ3n) is 3.79. The van der Waals surface area contributed by atoms with Crippen LogP contribution in [0.1, 0.15) is 37.0 Å². The first-order chi connectivity index (χ1) is 10.6. The van der Waals surface area contributed by atoms with Crippen LogP contribution in [0.4, 0.5) is 0 Å². The number of benzene rings is 2. The Balaban J connectivity index is 0.00000264. The van der Waals surface area contributed by atoms with Crippen molar-refractivity contribution in [1.82, 2.24) is 5.32 Å². The fraction of sp³-hybridized carbons (Fsp3) is 0.368. The first-order valence-corrected chi connectivity index (χ1v) is 8.58. The third-order valence-corrected chi connectivity index (χ3v) is 4.28. The van der Waals surface area contributed by atoms with E-state index in [1.165, 1.54) is 16.7 Å². The topological polar surface area (TPSA) is 21.3 Å². The molecular formula is C19H25BrClNO. The van der Waals surface area contributed by atoms with Crippen LogP contribution < -0.4 is 10.1 Å². The summed E-state index contributed by atoms with van der Waals surface area (Å²) in [4.78, 5) is 0. The summed E-state index contributed by atoms with van der Waals surface area (Å²) in [6.45, 7) is 7.89. The molecule has 1 N–H and O–H groups in total. The van der Waals surface area contributed by atoms with E-state index in [-0.39, 0.29) is 12.4 Å². The van der Waals surface area contributed by atoms with Gasteiger partial charge >= 0.3 is 0 Å². The second-order valence-electron chi connectivity index (χ2n) is 5.72. The van der Waals surface area contributed by atoms with Gasteiger partial charge in [-0.15, -0.1) is 12.4 Å². The summed E-state index contributed by atoms with van der Waals surface area (Å²) < 4.78 is 7.10. The van der Waals surface area contributed by atoms with E-state index in [2.05, 4.69) is 72.3 Å². The van der Waals surface area contributed by atoms with Gasteiger partial charge in [-0.05, 0) is 44.0 Å². The summed E-state index contributed by atoms with van der Waals surface area (Å²) in [6.07, 6.45) is 1.12. The van der Waals surface area contributed by atoms with Crippen LogP contribution in [0.25, 0.3) is 0 Å². The lowest BCUT2D eigenvalue weighted by molar-refractivity contribution is 0.301. The molecule has 0 radical (unpaired) electrons. The third kappa shape index (κ3) is 6.54. The summed E-state index contributed by atoms with van der Waals surface area (Å²) >= 11 is 3.54. The van der Waals surface area contributed by atoms with Crippen LogP contribution in [0, 0.1) is 6.92 Å². The zero-order chi connectivity index (χ0) is 15.9. The molecule has 0 saturated heterocycles. The Hall–Kier alpha value is -1.03. The first kappa shape index (κ1) is 20.0. The fourth-order valence-electron chi connectivity index (χ4n) is 2.10. The number of hydrogen-bond donors (Lipinski definition) is 1. The Morgan fingerprint density at radius 2 is 1.83 bits per heavy atom. The quantitative estimate of drug-likeness (QED) is 0.651. The van der Waals surface area contributed by atoms with Crippen LogP contribution in [-0.2, 0) is 13.2 Å². The molecule has 0 aromatic heterocycles. The molecular weight excluding hydrogens is 374 g/mol. The molecule has 0 amide bonds. The standard InChI is InChI=1S/C19H24BrNO.ClH/c1-4-15(3)21-12-17-11-18(20)9-10-19(17)22-13-16-7-5-14(2)6-8-16;/h5-11,15,21H,4,12-13H2,1-3H3;1H. The Morgan fingerprint density at radius 3 is 2.48 bits per heavy atom. The lowest BCUT2D eigenvalue weighted by atomic mass is 10.1. The average Bonchev–Trinajstić information content (AvgIpc) is 2.53. The van der Waals surface area contributed by atoms with E-state index in [1.54, 1.807) is 0 Å². The second-order valence-corrected chi connectivity index (χ2v) is 6.63. The predicted molar refractivity (Wildman–Crippen MR) is 103 cm³/mol. The highest BCUT2D eigenvalue weighted by Crippen LogP contribution is 2.24. The lowest BCUT2D eigenvalue weighted by Crippen LogP contribution is -2.24. The van der Waals surface area contributed by atoms with E-state index < -0.39 is 0 Å². The van der Waals surface area contributed by atoms with Crippen molar-refractivity contribution in [3.63, 3.8) is 0 Å². The maximum atomic E-state index is 6.02. The second kappa shape index (κ2) is 9.96. The minimum Gasteiger partial charge on any atom is -0.489 e. The van der Waals surface area contributed by atoms with Gasteiger partial charge in [-0.2, -0.15) is 0 Å². The number of nitrogens with one attached hydrogen (secondary N) is 1. The molecule has 0 aliphatic heterocycles. The van der Waals surface area contributed by atoms with Crippen molar-refractivity contribution >= 4 is 28.3 Å². The summed E-state index contributed by atoms with van der Waals surface area (Å²) in [6, 6.07) is 15.2. The summed E-state index contributed by atoms with van der Waals surface area (Å²) in [5.74, 6) is 0.944. The normalized spacial score (nSPS) is 11.7. The molecule has 1 atom stereocenters. The molecule has 126 valence electrons. The van der Waals surface area contributed by atoms with Crippen LogP contribution in [0.5, 0.6) is 5.75 Å². The van der Waals surface area contributed by atoms with Gasteiger partial charge in [0.2, 0.25) is 0 Å². The monoisotopic (exact) mass is 397 g/mol. The highest BCUT2D eigenvalue weighted by molar-refractivity contribution is 9.10. The molecule has 0 heterocycles. The van der Waals surface area contributed by atoms with Gasteiger partial charge in [0, 0.05) is 22.6 Å². The summed E-state index contributed by atoms with van der Waals surface area (Å²) in [5.41, 5.74) is 3.64. The van der Waals surface area contributed by atoms with Crippen LogP contribution >= 0.6 is 28.3 Å². The van der Waals surface area contributed by atoms with Gasteiger partial charge in [-0.3, -0.25) is 0 Å². The molecule has 23 heavy (non-hydrogen) atoms. The van der Waals surface area contributed by atoms with E-state index >= 15 is 0 Å². The molecule has 4 heteroatoms. The van der Waals surface area contributed by atoms with E-state index in [0.29, 0.717) is 12.6 Å². The predicted octanol–water partition coefficient (Wildman–Crippen LogP) is 5.65. The lowest BCUT2D eigenvalue weighted by Gasteiger charge is -2.15. The minimum atomic E-state index is 0. The highest BCUT2D eigenvalue weighted by Gasteiger charge is 2.07. The van der Waals surface area contributed by atoms with Crippen LogP contribution in [0.3, 0.4) is 0 Å². The van der Waals surface area contributed by atoms with Gasteiger partial charge in [0.15, 0.2) is 0 Å². The van der Waals surface area contributed by atoms with Gasteiger partial charge in [-0.1, -0.05) is 52.7 Å². The maximum absolute atomic E-state index is 6.02. The van der Waals surface area contributed by atoms with Gasteiger partial charge in [0.25, 0.3) is 0 Å². The van der Waals surface area contributed by atoms with Crippen LogP contribution in [0.15, 0.2) is 46.9 Å². The van der Waals surface area contributed by atoms with Crippen LogP contribution in [-0.4, -0.2) is 6.04 Å². The first-order valence-electron chi connectivity index (χ1n) is 7.78. The summed E-state index contributed by atoms with van der Waals surface area (Å²) in [5, 5.41) is 3.52. The van der Waals surface area contributed by atoms with Gasteiger partial charge in [0.1, 0.15) is 12.4 Å². The molecule has 0 bridgehead atoms. The molecule has 2 aromatic carbocycles. The molecule has 2 rings (SSSR count). The Bertz CT molecular complexity index is 601. The maximum Gasteiger partial charge on any atom is 0.124 e. The number of ether oxygens (including phenoxy) is 1. The average molecular weight is 399 g/mol. The van der Waals surface area contributed by atoms with Gasteiger partial charge in [0.05, 0.1) is 0 Å². The van der Waals surface area contributed by atoms with Crippen molar-refractivity contribution in [1.29, 1.82) is 0 Å². The molecule has 0 spiro atoms. The smallest absolute Gasteiger partial charge is 0.124 e. The van der Waals surface area contributed by atoms with E-state index in [4.69, 9.17) is 4.74 Å². The minimum absolute atomic E-state index is 0. The largest absolute Gasteiger partial charge is 0.489 e. The fourth-order valence-corrected chi connectivity index (χ4v) is 2.51. The van der Waals surface area contributed by atoms with E-state index in [1.807, 2.05) is 12.1 Å². The number of halogens is 2. The molecule has 2 nitrogen and oxygen atoms in total. The van der Waals surface area contributed by atoms with Crippen molar-refractivity contribution in [3.8, 4) is 5.75 Å². The summed E-state index contributed by atoms with van der Waals surface area (Å²) in [7, 11) is 0. The number of hydrogen-bond acceptors (Lipinski definition) is 2. The number of rotatable bonds is 7. The van der Waals surface area contributed by atoms with Crippen molar-refractivity contribution in [2.45, 2.75) is 46.4 Å². The molecule has 0 aliphatic rings. The number of aryl methyl sites for hydroxylation is 1. The van der Waals surface area contributed by atoms with Gasteiger partial charge in [-0.25, -0.2) is 0 Å². The molecule has 0 aliphatic carbocycles. The highest BCUT2D eigenvalue weighted by atomic mass is 79.9. The Labute approximate surface area is 154 Å².